The van der Waals surface area contributed by atoms with Crippen molar-refractivity contribution in [3.63, 3.8) is 0 Å². The van der Waals surface area contributed by atoms with Gasteiger partial charge in [-0.15, -0.1) is 0 Å². The predicted octanol–water partition coefficient (Wildman–Crippen LogP) is 1.49. The lowest BCUT2D eigenvalue weighted by Gasteiger charge is -2.32. The molecule has 168 valence electrons. The first-order chi connectivity index (χ1) is 14.9. The second-order valence-corrected chi connectivity index (χ2v) is 10.1. The van der Waals surface area contributed by atoms with E-state index >= 15 is 0 Å². The molecule has 3 heterocycles. The van der Waals surface area contributed by atoms with Gasteiger partial charge in [-0.25, -0.2) is 13.4 Å². The van der Waals surface area contributed by atoms with Crippen LogP contribution in [0.25, 0.3) is 0 Å². The van der Waals surface area contributed by atoms with Crippen molar-refractivity contribution in [2.24, 2.45) is 0 Å². The number of para-hydroxylation sites is 1. The number of pyridine rings is 1. The molecule has 0 radical (unpaired) electrons. The molecule has 0 bridgehead atoms. The van der Waals surface area contributed by atoms with Crippen molar-refractivity contribution < 1.29 is 13.2 Å². The van der Waals surface area contributed by atoms with Gasteiger partial charge in [0.25, 0.3) is 0 Å². The maximum Gasteiger partial charge on any atom is 0.244 e. The van der Waals surface area contributed by atoms with Crippen LogP contribution in [0.5, 0.6) is 0 Å². The number of sulfonamides is 1. The number of benzene rings is 1. The Bertz CT molecular complexity index is 969. The molecule has 9 heteroatoms. The highest BCUT2D eigenvalue weighted by atomic mass is 32.2. The molecule has 1 aromatic heterocycles. The van der Waals surface area contributed by atoms with Crippen LogP contribution in [0.1, 0.15) is 5.56 Å². The zero-order valence-electron chi connectivity index (χ0n) is 18.3. The first kappa shape index (κ1) is 22.0. The van der Waals surface area contributed by atoms with E-state index in [1.807, 2.05) is 25.1 Å². The van der Waals surface area contributed by atoms with Gasteiger partial charge in [-0.2, -0.15) is 4.31 Å². The van der Waals surface area contributed by atoms with E-state index in [1.165, 1.54) is 17.4 Å². The molecule has 8 nitrogen and oxygen atoms in total. The summed E-state index contributed by atoms with van der Waals surface area (Å²) in [5.41, 5.74) is 2.43. The molecular weight excluding hydrogens is 414 g/mol. The summed E-state index contributed by atoms with van der Waals surface area (Å²) in [5, 5.41) is 0. The first-order valence-corrected chi connectivity index (χ1v) is 12.2. The highest BCUT2D eigenvalue weighted by Gasteiger charge is 2.27. The number of piperazine rings is 1. The molecule has 2 aliphatic heterocycles. The van der Waals surface area contributed by atoms with Gasteiger partial charge >= 0.3 is 0 Å². The van der Waals surface area contributed by atoms with E-state index in [9.17, 15) is 8.42 Å². The fourth-order valence-corrected chi connectivity index (χ4v) is 5.39. The fraction of sp³-hybridized carbons (Fsp3) is 0.500. The molecule has 4 rings (SSSR count). The monoisotopic (exact) mass is 445 g/mol. The molecule has 1 aromatic carbocycles. The summed E-state index contributed by atoms with van der Waals surface area (Å²) in [6.07, 6.45) is 1.48. The van der Waals surface area contributed by atoms with E-state index in [2.05, 4.69) is 33.0 Å². The molecule has 31 heavy (non-hydrogen) atoms. The number of hydrogen-bond acceptors (Lipinski definition) is 7. The van der Waals surface area contributed by atoms with Gasteiger partial charge in [0.1, 0.15) is 10.7 Å². The molecule has 0 unspecified atom stereocenters. The number of ether oxygens (including phenoxy) is 1. The number of anilines is 2. The van der Waals surface area contributed by atoms with E-state index in [1.54, 1.807) is 16.4 Å². The van der Waals surface area contributed by atoms with Crippen LogP contribution in [0.2, 0.25) is 0 Å². The summed E-state index contributed by atoms with van der Waals surface area (Å²) < 4.78 is 32.9. The molecule has 0 spiro atoms. The zero-order chi connectivity index (χ0) is 21.8. The summed E-state index contributed by atoms with van der Waals surface area (Å²) in [7, 11) is 0.486. The summed E-state index contributed by atoms with van der Waals surface area (Å²) in [4.78, 5) is 11.3. The summed E-state index contributed by atoms with van der Waals surface area (Å²) in [6, 6.07) is 11.8. The second kappa shape index (κ2) is 9.52. The van der Waals surface area contributed by atoms with Gasteiger partial charge in [0.05, 0.1) is 13.2 Å². The lowest BCUT2D eigenvalue weighted by molar-refractivity contribution is 0.122. The smallest absolute Gasteiger partial charge is 0.244 e. The van der Waals surface area contributed by atoms with Crippen molar-refractivity contribution in [3.8, 4) is 0 Å². The molecule has 2 fully saturated rings. The molecule has 2 aliphatic rings. The van der Waals surface area contributed by atoms with Crippen LogP contribution in [-0.2, 0) is 21.3 Å². The first-order valence-electron chi connectivity index (χ1n) is 10.7. The highest BCUT2D eigenvalue weighted by Crippen LogP contribution is 2.25. The van der Waals surface area contributed by atoms with E-state index < -0.39 is 10.0 Å². The van der Waals surface area contributed by atoms with Crippen molar-refractivity contribution in [2.75, 3.05) is 76.4 Å². The molecule has 0 N–H and O–H groups in total. The molecule has 2 aromatic rings. The van der Waals surface area contributed by atoms with Crippen LogP contribution in [-0.4, -0.2) is 89.2 Å². The zero-order valence-corrected chi connectivity index (χ0v) is 19.1. The lowest BCUT2D eigenvalue weighted by Crippen LogP contribution is -2.47. The van der Waals surface area contributed by atoms with Crippen molar-refractivity contribution >= 4 is 21.5 Å². The minimum absolute atomic E-state index is 0.253. The number of nitrogens with zero attached hydrogens (tertiary/aromatic N) is 5. The van der Waals surface area contributed by atoms with Crippen LogP contribution < -0.4 is 9.80 Å². The number of hydrogen-bond donors (Lipinski definition) is 0. The van der Waals surface area contributed by atoms with Gasteiger partial charge in [-0.1, -0.05) is 18.2 Å². The van der Waals surface area contributed by atoms with E-state index in [0.717, 1.165) is 45.2 Å². The summed E-state index contributed by atoms with van der Waals surface area (Å²) >= 11 is 0. The van der Waals surface area contributed by atoms with Gasteiger partial charge in [0.2, 0.25) is 10.0 Å². The molecular formula is C22H31N5O3S. The molecule has 0 aliphatic carbocycles. The minimum atomic E-state index is -3.50. The van der Waals surface area contributed by atoms with Gasteiger partial charge < -0.3 is 19.4 Å². The fourth-order valence-electron chi connectivity index (χ4n) is 4.02. The van der Waals surface area contributed by atoms with Crippen molar-refractivity contribution in [1.82, 2.24) is 14.2 Å². The Morgan fingerprint density at radius 1 is 1.00 bits per heavy atom. The van der Waals surface area contributed by atoms with Gasteiger partial charge in [0.15, 0.2) is 0 Å². The SMILES string of the molecule is CN1CCN(S(=O)(=O)c2ccc(N(C)Cc3ccccc3N3CCOCC3)nc2)CC1. The third-order valence-corrected chi connectivity index (χ3v) is 7.84. The Hall–Kier alpha value is -2.20. The lowest BCUT2D eigenvalue weighted by atomic mass is 10.1. The average Bonchev–Trinajstić information content (AvgIpc) is 2.80. The van der Waals surface area contributed by atoms with Crippen molar-refractivity contribution in [1.29, 1.82) is 0 Å². The average molecular weight is 446 g/mol. The Labute approximate surface area is 185 Å². The van der Waals surface area contributed by atoms with Crippen LogP contribution in [0.3, 0.4) is 0 Å². The third-order valence-electron chi connectivity index (χ3n) is 5.96. The van der Waals surface area contributed by atoms with Gasteiger partial charge in [-0.05, 0) is 30.8 Å². The number of aromatic nitrogens is 1. The van der Waals surface area contributed by atoms with Crippen LogP contribution in [0.15, 0.2) is 47.5 Å². The third kappa shape index (κ3) is 5.01. The minimum Gasteiger partial charge on any atom is -0.378 e. The normalized spacial score (nSPS) is 18.8. The Balaban J connectivity index is 1.46. The molecule has 0 saturated carbocycles. The largest absolute Gasteiger partial charge is 0.378 e. The Kier molecular flexibility index (Phi) is 6.76. The maximum absolute atomic E-state index is 12.9. The van der Waals surface area contributed by atoms with E-state index in [0.29, 0.717) is 19.6 Å². The molecule has 2 saturated heterocycles. The summed E-state index contributed by atoms with van der Waals surface area (Å²) in [5.74, 6) is 0.745. The topological polar surface area (TPSA) is 69.2 Å². The maximum atomic E-state index is 12.9. The second-order valence-electron chi connectivity index (χ2n) is 8.14. The number of morpholine rings is 1. The van der Waals surface area contributed by atoms with Crippen LogP contribution in [0.4, 0.5) is 11.5 Å². The van der Waals surface area contributed by atoms with Crippen molar-refractivity contribution in [3.05, 3.63) is 48.2 Å². The van der Waals surface area contributed by atoms with Crippen molar-refractivity contribution in [2.45, 2.75) is 11.4 Å². The van der Waals surface area contributed by atoms with Gasteiger partial charge in [-0.3, -0.25) is 0 Å². The van der Waals surface area contributed by atoms with Gasteiger partial charge in [0, 0.05) is 64.7 Å². The molecule has 0 amide bonds. The Morgan fingerprint density at radius 2 is 1.71 bits per heavy atom. The van der Waals surface area contributed by atoms with Crippen LogP contribution >= 0.6 is 0 Å². The predicted molar refractivity (Wildman–Crippen MR) is 122 cm³/mol. The van der Waals surface area contributed by atoms with E-state index in [4.69, 9.17) is 4.74 Å². The van der Waals surface area contributed by atoms with E-state index in [-0.39, 0.29) is 4.90 Å². The highest BCUT2D eigenvalue weighted by molar-refractivity contribution is 7.89. The van der Waals surface area contributed by atoms with Crippen LogP contribution in [0, 0.1) is 0 Å². The standard InChI is InChI=1S/C22H31N5O3S/c1-24-9-11-27(12-10-24)31(28,29)20-7-8-22(23-17-20)25(2)18-19-5-3-4-6-21(19)26-13-15-30-16-14-26/h3-8,17H,9-16,18H2,1-2H3. The Morgan fingerprint density at radius 3 is 2.39 bits per heavy atom. The quantitative estimate of drug-likeness (QED) is 0.667. The number of likely N-dealkylation sites (N-methyl/N-ethyl adjacent to an activating group) is 1. The molecule has 0 atom stereocenters. The number of rotatable bonds is 6. The summed E-state index contributed by atoms with van der Waals surface area (Å²) in [6.45, 7) is 6.47.